The number of hydrogen-bond acceptors (Lipinski definition) is 11. The first kappa shape index (κ1) is 22.5. The Balaban J connectivity index is 3.70. The van der Waals surface area contributed by atoms with Crippen LogP contribution in [0.2, 0.25) is 0 Å². The second-order valence-corrected chi connectivity index (χ2v) is 11.2. The summed E-state index contributed by atoms with van der Waals surface area (Å²) in [5.41, 5.74) is -0.402. The first-order chi connectivity index (χ1) is 10.8. The monoisotopic (exact) mass is 420 g/mol. The van der Waals surface area contributed by atoms with Gasteiger partial charge in [0, 0.05) is 6.92 Å². The predicted molar refractivity (Wildman–Crippen MR) is 89.0 cm³/mol. The second kappa shape index (κ2) is 6.26. The van der Waals surface area contributed by atoms with Crippen LogP contribution in [0.1, 0.15) is 20.8 Å². The maximum Gasteiger partial charge on any atom is 0.243 e. The SMILES string of the molecule is C=C(SC1=C(C)C(NC(C)(O)O)C(O)(O)C(C)(O)S1(=O)=O)S(N)(=O)=O. The molecule has 1 heterocycles. The number of nitrogens with one attached hydrogen (secondary N) is 1. The van der Waals surface area contributed by atoms with Crippen molar-refractivity contribution < 1.29 is 42.4 Å². The molecule has 0 bridgehead atoms. The minimum absolute atomic E-state index is 0.0741. The number of aliphatic hydroxyl groups is 5. The maximum absolute atomic E-state index is 12.6. The number of sulfone groups is 1. The molecule has 0 aromatic carbocycles. The van der Waals surface area contributed by atoms with E-state index in [0.717, 1.165) is 13.8 Å². The fourth-order valence-corrected chi connectivity index (χ4v) is 6.06. The van der Waals surface area contributed by atoms with Crippen LogP contribution in [-0.4, -0.2) is 65.0 Å². The normalized spacial score (nSPS) is 29.6. The van der Waals surface area contributed by atoms with Crippen molar-refractivity contribution in [2.75, 3.05) is 0 Å². The Bertz CT molecular complexity index is 819. The zero-order chi connectivity index (χ0) is 20.2. The molecule has 11 nitrogen and oxygen atoms in total. The number of thioether (sulfide) groups is 1. The van der Waals surface area contributed by atoms with E-state index in [1.165, 1.54) is 0 Å². The predicted octanol–water partition coefficient (Wildman–Crippen LogP) is -2.85. The molecule has 0 spiro atoms. The summed E-state index contributed by atoms with van der Waals surface area (Å²) in [4.78, 5) is -3.23. The summed E-state index contributed by atoms with van der Waals surface area (Å²) in [7, 11) is -9.24. The third-order valence-electron chi connectivity index (χ3n) is 3.55. The van der Waals surface area contributed by atoms with Gasteiger partial charge in [0.1, 0.15) is 8.47 Å². The molecule has 146 valence electrons. The van der Waals surface area contributed by atoms with Gasteiger partial charge in [0.15, 0.2) is 0 Å². The Morgan fingerprint density at radius 3 is 2.16 bits per heavy atom. The Kier molecular flexibility index (Phi) is 5.63. The number of sulfonamides is 1. The molecule has 0 saturated heterocycles. The third kappa shape index (κ3) is 3.92. The fourth-order valence-electron chi connectivity index (χ4n) is 2.06. The van der Waals surface area contributed by atoms with Gasteiger partial charge in [-0.3, -0.25) is 5.32 Å². The lowest BCUT2D eigenvalue weighted by Gasteiger charge is -2.47. The van der Waals surface area contributed by atoms with Crippen molar-refractivity contribution in [3.05, 3.63) is 20.6 Å². The van der Waals surface area contributed by atoms with Crippen molar-refractivity contribution in [3.63, 3.8) is 0 Å². The molecule has 2 unspecified atom stereocenters. The lowest BCUT2D eigenvalue weighted by Crippen LogP contribution is -2.72. The van der Waals surface area contributed by atoms with E-state index in [-0.39, 0.29) is 11.8 Å². The molecule has 1 aliphatic heterocycles. The molecule has 2 atom stereocenters. The van der Waals surface area contributed by atoms with Crippen LogP contribution >= 0.6 is 11.8 Å². The van der Waals surface area contributed by atoms with Crippen LogP contribution in [-0.2, 0) is 19.9 Å². The molecule has 1 aliphatic rings. The molecule has 0 fully saturated rings. The Labute approximate surface area is 148 Å². The van der Waals surface area contributed by atoms with E-state index in [2.05, 4.69) is 6.58 Å². The van der Waals surface area contributed by atoms with Crippen molar-refractivity contribution in [1.29, 1.82) is 0 Å². The zero-order valence-corrected chi connectivity index (χ0v) is 15.9. The third-order valence-corrected chi connectivity index (χ3v) is 8.93. The lowest BCUT2D eigenvalue weighted by molar-refractivity contribution is -0.270. The highest BCUT2D eigenvalue weighted by molar-refractivity contribution is 8.27. The van der Waals surface area contributed by atoms with Crippen LogP contribution in [0.5, 0.6) is 0 Å². The van der Waals surface area contributed by atoms with Crippen LogP contribution in [0.15, 0.2) is 20.6 Å². The van der Waals surface area contributed by atoms with E-state index in [1.54, 1.807) is 0 Å². The summed E-state index contributed by atoms with van der Waals surface area (Å²) in [6.07, 6.45) is 0. The van der Waals surface area contributed by atoms with Gasteiger partial charge < -0.3 is 25.5 Å². The number of nitrogens with two attached hydrogens (primary N) is 1. The van der Waals surface area contributed by atoms with E-state index in [9.17, 15) is 42.4 Å². The molecule has 0 aromatic rings. The van der Waals surface area contributed by atoms with Crippen LogP contribution < -0.4 is 10.5 Å². The highest BCUT2D eigenvalue weighted by Gasteiger charge is 2.65. The molecule has 0 radical (unpaired) electrons. The fraction of sp³-hybridized carbons (Fsp3) is 0.636. The zero-order valence-electron chi connectivity index (χ0n) is 13.5. The number of rotatable bonds is 5. The van der Waals surface area contributed by atoms with Gasteiger partial charge in [-0.25, -0.2) is 22.0 Å². The van der Waals surface area contributed by atoms with Gasteiger partial charge in [-0.2, -0.15) is 0 Å². The average Bonchev–Trinajstić information content (AvgIpc) is 2.37. The highest BCUT2D eigenvalue weighted by Crippen LogP contribution is 2.48. The summed E-state index contributed by atoms with van der Waals surface area (Å²) in [5.74, 6) is -6.08. The molecular formula is C11H20N2O9S3. The smallest absolute Gasteiger partial charge is 0.243 e. The van der Waals surface area contributed by atoms with E-state index in [0.29, 0.717) is 6.92 Å². The summed E-state index contributed by atoms with van der Waals surface area (Å²) in [5, 5.41) is 56.3. The van der Waals surface area contributed by atoms with Crippen molar-refractivity contribution >= 4 is 31.6 Å². The number of hydrogen-bond donors (Lipinski definition) is 7. The van der Waals surface area contributed by atoms with E-state index < -0.39 is 56.6 Å². The molecule has 8 N–H and O–H groups in total. The average molecular weight is 420 g/mol. The van der Waals surface area contributed by atoms with Gasteiger partial charge in [0.05, 0.1) is 6.04 Å². The summed E-state index contributed by atoms with van der Waals surface area (Å²) in [6.45, 7) is 5.57. The van der Waals surface area contributed by atoms with Crippen molar-refractivity contribution in [2.24, 2.45) is 5.14 Å². The molecular weight excluding hydrogens is 400 g/mol. The van der Waals surface area contributed by atoms with Crippen LogP contribution in [0.4, 0.5) is 0 Å². The van der Waals surface area contributed by atoms with Crippen LogP contribution in [0.25, 0.3) is 0 Å². The topological polar surface area (TPSA) is 207 Å². The van der Waals surface area contributed by atoms with Gasteiger partial charge in [-0.05, 0) is 19.4 Å². The first-order valence-corrected chi connectivity index (χ1v) is 10.4. The summed E-state index contributed by atoms with van der Waals surface area (Å²) in [6, 6.07) is -1.90. The van der Waals surface area contributed by atoms with Gasteiger partial charge >= 0.3 is 0 Å². The van der Waals surface area contributed by atoms with E-state index in [4.69, 9.17) is 5.14 Å². The van der Waals surface area contributed by atoms with Gasteiger partial charge in [0.25, 0.3) is 0 Å². The minimum Gasteiger partial charge on any atom is -0.370 e. The van der Waals surface area contributed by atoms with Crippen molar-refractivity contribution in [1.82, 2.24) is 5.32 Å². The largest absolute Gasteiger partial charge is 0.370 e. The van der Waals surface area contributed by atoms with Crippen LogP contribution in [0, 0.1) is 0 Å². The molecule has 0 amide bonds. The van der Waals surface area contributed by atoms with Gasteiger partial charge in [-0.1, -0.05) is 18.3 Å². The lowest BCUT2D eigenvalue weighted by atomic mass is 9.94. The first-order valence-electron chi connectivity index (χ1n) is 6.51. The molecule has 0 saturated carbocycles. The van der Waals surface area contributed by atoms with E-state index >= 15 is 0 Å². The molecule has 14 heteroatoms. The quantitative estimate of drug-likeness (QED) is 0.225. The van der Waals surface area contributed by atoms with Gasteiger partial charge in [0.2, 0.25) is 36.5 Å². The maximum atomic E-state index is 12.6. The van der Waals surface area contributed by atoms with Crippen molar-refractivity contribution in [2.45, 2.75) is 43.4 Å². The molecule has 0 aliphatic carbocycles. The number of primary sulfonamides is 1. The van der Waals surface area contributed by atoms with Gasteiger partial charge in [-0.15, -0.1) is 0 Å². The summed E-state index contributed by atoms with van der Waals surface area (Å²) < 4.78 is 46.2. The Hall–Kier alpha value is -0.550. The molecule has 25 heavy (non-hydrogen) atoms. The summed E-state index contributed by atoms with van der Waals surface area (Å²) >= 11 is 0.0741. The van der Waals surface area contributed by atoms with Crippen LogP contribution in [0.3, 0.4) is 0 Å². The standard InChI is InChI=1S/C11H20N2O9S3/c1-5-7(13-10(4,15)16)11(17,18)9(3,14)24(19,20)8(5)23-6(2)25(12,21)22/h7,13-18H,2H2,1,3-4H3,(H2,12,21,22). The second-order valence-electron chi connectivity index (χ2n) is 5.80. The Morgan fingerprint density at radius 2 is 1.80 bits per heavy atom. The molecule has 1 rings (SSSR count). The molecule has 0 aromatic heterocycles. The minimum atomic E-state index is -4.89. The van der Waals surface area contributed by atoms with Crippen molar-refractivity contribution in [3.8, 4) is 0 Å². The highest BCUT2D eigenvalue weighted by atomic mass is 32.3. The Morgan fingerprint density at radius 1 is 1.36 bits per heavy atom. The van der Waals surface area contributed by atoms with E-state index in [1.807, 2.05) is 5.32 Å².